The summed E-state index contributed by atoms with van der Waals surface area (Å²) in [7, 11) is 3.53. The van der Waals surface area contributed by atoms with Crippen LogP contribution in [0.5, 0.6) is 5.75 Å². The average Bonchev–Trinajstić information content (AvgIpc) is 3.20. The molecule has 3 aromatic rings. The van der Waals surface area contributed by atoms with Gasteiger partial charge in [-0.3, -0.25) is 4.79 Å². The fraction of sp³-hybridized carbons (Fsp3) is 0.316. The van der Waals surface area contributed by atoms with Crippen molar-refractivity contribution in [1.29, 1.82) is 0 Å². The molecule has 0 radical (unpaired) electrons. The molecule has 1 fully saturated rings. The van der Waals surface area contributed by atoms with E-state index in [4.69, 9.17) is 16.3 Å². The third kappa shape index (κ3) is 3.60. The fourth-order valence-corrected chi connectivity index (χ4v) is 3.18. The number of amides is 1. The van der Waals surface area contributed by atoms with Crippen molar-refractivity contribution in [2.24, 2.45) is 0 Å². The molecule has 1 amide bonds. The lowest BCUT2D eigenvalue weighted by molar-refractivity contribution is 0.0940. The molecule has 7 nitrogen and oxygen atoms in total. The van der Waals surface area contributed by atoms with Crippen LogP contribution in [0, 0.1) is 0 Å². The Labute approximate surface area is 166 Å². The van der Waals surface area contributed by atoms with E-state index < -0.39 is 18.1 Å². The molecular formula is C19H19ClFN5O2. The third-order valence-corrected chi connectivity index (χ3v) is 4.85. The zero-order valence-corrected chi connectivity index (χ0v) is 16.2. The minimum Gasteiger partial charge on any atom is -0.497 e. The van der Waals surface area contributed by atoms with E-state index in [0.717, 1.165) is 17.0 Å². The Morgan fingerprint density at radius 1 is 1.43 bits per heavy atom. The molecule has 9 heteroatoms. The summed E-state index contributed by atoms with van der Waals surface area (Å²) in [5.41, 5.74) is 2.51. The van der Waals surface area contributed by atoms with Crippen LogP contribution in [0.15, 0.2) is 36.5 Å². The Hall–Kier alpha value is -2.87. The lowest BCUT2D eigenvalue weighted by Gasteiger charge is -2.20. The predicted octanol–water partition coefficient (Wildman–Crippen LogP) is 2.87. The van der Waals surface area contributed by atoms with Crippen molar-refractivity contribution in [1.82, 2.24) is 19.9 Å². The lowest BCUT2D eigenvalue weighted by atomic mass is 10.2. The predicted molar refractivity (Wildman–Crippen MR) is 104 cm³/mol. The van der Waals surface area contributed by atoms with Gasteiger partial charge in [-0.1, -0.05) is 23.7 Å². The van der Waals surface area contributed by atoms with Crippen LogP contribution in [0.2, 0.25) is 5.15 Å². The molecule has 0 aliphatic heterocycles. The first-order valence-electron chi connectivity index (χ1n) is 8.79. The molecule has 0 saturated heterocycles. The van der Waals surface area contributed by atoms with E-state index in [1.165, 1.54) is 10.7 Å². The van der Waals surface area contributed by atoms with Gasteiger partial charge in [0.2, 0.25) is 0 Å². The topological polar surface area (TPSA) is 71.8 Å². The molecule has 0 bridgehead atoms. The number of nitrogens with zero attached hydrogens (tertiary/aromatic N) is 4. The molecule has 1 aliphatic carbocycles. The summed E-state index contributed by atoms with van der Waals surface area (Å²) < 4.78 is 19.7. The number of carbonyl (C=O) groups is 1. The van der Waals surface area contributed by atoms with E-state index in [9.17, 15) is 9.18 Å². The fourth-order valence-electron chi connectivity index (χ4n) is 3.00. The number of benzene rings is 1. The quantitative estimate of drug-likeness (QED) is 0.685. The van der Waals surface area contributed by atoms with Crippen molar-refractivity contribution < 1.29 is 13.9 Å². The number of hydrogen-bond acceptors (Lipinski definition) is 5. The summed E-state index contributed by atoms with van der Waals surface area (Å²) in [6.07, 6.45) is 0.784. The first-order valence-corrected chi connectivity index (χ1v) is 9.17. The number of methoxy groups -OCH3 is 1. The highest BCUT2D eigenvalue weighted by Gasteiger charge is 2.39. The maximum absolute atomic E-state index is 13.1. The van der Waals surface area contributed by atoms with E-state index in [1.54, 1.807) is 13.2 Å². The highest BCUT2D eigenvalue weighted by Crippen LogP contribution is 2.27. The van der Waals surface area contributed by atoms with Crippen LogP contribution in [-0.4, -0.2) is 46.9 Å². The maximum atomic E-state index is 13.1. The molecule has 1 aromatic carbocycles. The minimum atomic E-state index is -0.981. The summed E-state index contributed by atoms with van der Waals surface area (Å²) in [6.45, 7) is 0.597. The number of nitrogens with one attached hydrogen (secondary N) is 1. The number of alkyl halides is 1. The Morgan fingerprint density at radius 3 is 2.79 bits per heavy atom. The monoisotopic (exact) mass is 403 g/mol. The number of aromatic nitrogens is 3. The number of carbonyl (C=O) groups excluding carboxylic acids is 1. The summed E-state index contributed by atoms with van der Waals surface area (Å²) in [5, 5.41) is 7.06. The molecule has 2 unspecified atom stereocenters. The summed E-state index contributed by atoms with van der Waals surface area (Å²) >= 11 is 6.19. The van der Waals surface area contributed by atoms with Crippen LogP contribution in [0.3, 0.4) is 0 Å². The Morgan fingerprint density at radius 2 is 2.14 bits per heavy atom. The molecule has 1 N–H and O–H groups in total. The van der Waals surface area contributed by atoms with Gasteiger partial charge in [0.25, 0.3) is 5.91 Å². The van der Waals surface area contributed by atoms with E-state index in [2.05, 4.69) is 15.4 Å². The van der Waals surface area contributed by atoms with Crippen LogP contribution in [0.25, 0.3) is 5.65 Å². The largest absolute Gasteiger partial charge is 0.497 e. The highest BCUT2D eigenvalue weighted by atomic mass is 35.5. The summed E-state index contributed by atoms with van der Waals surface area (Å²) in [4.78, 5) is 18.7. The molecule has 4 rings (SSSR count). The van der Waals surface area contributed by atoms with E-state index in [1.807, 2.05) is 36.2 Å². The Kier molecular flexibility index (Phi) is 4.80. The van der Waals surface area contributed by atoms with Crippen LogP contribution < -0.4 is 15.0 Å². The summed E-state index contributed by atoms with van der Waals surface area (Å²) in [6, 6.07) is 9.01. The van der Waals surface area contributed by atoms with Crippen LogP contribution in [-0.2, 0) is 6.54 Å². The smallest absolute Gasteiger partial charge is 0.271 e. The van der Waals surface area contributed by atoms with Gasteiger partial charge in [-0.15, -0.1) is 0 Å². The molecule has 146 valence electrons. The second kappa shape index (κ2) is 7.27. The van der Waals surface area contributed by atoms with Crippen molar-refractivity contribution in [3.05, 3.63) is 52.9 Å². The first-order chi connectivity index (χ1) is 13.5. The van der Waals surface area contributed by atoms with Gasteiger partial charge in [-0.25, -0.2) is 13.9 Å². The molecular weight excluding hydrogens is 385 g/mol. The van der Waals surface area contributed by atoms with E-state index in [0.29, 0.717) is 18.6 Å². The second-order valence-electron chi connectivity index (χ2n) is 6.77. The van der Waals surface area contributed by atoms with Crippen LogP contribution in [0.1, 0.15) is 22.5 Å². The third-order valence-electron chi connectivity index (χ3n) is 4.67. The second-order valence-corrected chi connectivity index (χ2v) is 7.15. The molecule has 2 heterocycles. The van der Waals surface area contributed by atoms with Crippen molar-refractivity contribution in [2.75, 3.05) is 19.1 Å². The van der Waals surface area contributed by atoms with Gasteiger partial charge in [-0.05, 0) is 17.7 Å². The van der Waals surface area contributed by atoms with Gasteiger partial charge >= 0.3 is 0 Å². The molecule has 1 aliphatic rings. The average molecular weight is 404 g/mol. The van der Waals surface area contributed by atoms with Gasteiger partial charge in [0.15, 0.2) is 16.5 Å². The molecule has 2 atom stereocenters. The van der Waals surface area contributed by atoms with E-state index in [-0.39, 0.29) is 10.8 Å². The van der Waals surface area contributed by atoms with Gasteiger partial charge in [0.1, 0.15) is 11.9 Å². The zero-order valence-electron chi connectivity index (χ0n) is 15.4. The number of hydrogen-bond donors (Lipinski definition) is 1. The molecule has 28 heavy (non-hydrogen) atoms. The number of anilines is 1. The number of fused-ring (bicyclic) bond motifs is 1. The number of imidazole rings is 1. The SMILES string of the molecule is COc1ccc(CN(C)c2cc(Cl)nn3c(C(=O)NC4CC4F)cnc23)cc1. The van der Waals surface area contributed by atoms with Crippen LogP contribution in [0.4, 0.5) is 10.1 Å². The van der Waals surface area contributed by atoms with Gasteiger partial charge in [0.05, 0.1) is 25.0 Å². The van der Waals surface area contributed by atoms with Crippen LogP contribution >= 0.6 is 11.6 Å². The number of ether oxygens (including phenoxy) is 1. The van der Waals surface area contributed by atoms with Gasteiger partial charge in [-0.2, -0.15) is 5.10 Å². The number of rotatable bonds is 6. The molecule has 0 spiro atoms. The molecule has 2 aromatic heterocycles. The standard InChI is InChI=1S/C19H19ClFN5O2/c1-25(10-11-3-5-12(28-2)6-4-11)15-8-17(20)24-26-16(9-22-18(15)26)19(27)23-14-7-13(14)21/h3-6,8-9,13-14H,7,10H2,1-2H3,(H,23,27). The maximum Gasteiger partial charge on any atom is 0.271 e. The first kappa shape index (κ1) is 18.5. The number of halogens is 2. The van der Waals surface area contributed by atoms with Crippen molar-refractivity contribution in [3.8, 4) is 5.75 Å². The Balaban J connectivity index is 1.61. The minimum absolute atomic E-state index is 0.218. The van der Waals surface area contributed by atoms with Crippen molar-refractivity contribution in [2.45, 2.75) is 25.2 Å². The van der Waals surface area contributed by atoms with E-state index >= 15 is 0 Å². The Bertz CT molecular complexity index is 1020. The van der Waals surface area contributed by atoms with Gasteiger partial charge in [0, 0.05) is 26.1 Å². The summed E-state index contributed by atoms with van der Waals surface area (Å²) in [5.74, 6) is 0.368. The van der Waals surface area contributed by atoms with Crippen molar-refractivity contribution >= 4 is 28.8 Å². The lowest BCUT2D eigenvalue weighted by Crippen LogP contribution is -2.28. The van der Waals surface area contributed by atoms with Gasteiger partial charge < -0.3 is 15.0 Å². The normalized spacial score (nSPS) is 18.1. The molecule has 1 saturated carbocycles. The zero-order chi connectivity index (χ0) is 19.8. The van der Waals surface area contributed by atoms with Crippen molar-refractivity contribution in [3.63, 3.8) is 0 Å². The highest BCUT2D eigenvalue weighted by molar-refractivity contribution is 6.29.